The maximum Gasteiger partial charge on any atom is 0.220 e. The van der Waals surface area contributed by atoms with E-state index in [0.29, 0.717) is 0 Å². The molecule has 0 atom stereocenters. The van der Waals surface area contributed by atoms with Gasteiger partial charge in [-0.25, -0.2) is 9.97 Å². The highest BCUT2D eigenvalue weighted by Crippen LogP contribution is 2.24. The van der Waals surface area contributed by atoms with Crippen molar-refractivity contribution < 1.29 is 0 Å². The van der Waals surface area contributed by atoms with Crippen LogP contribution in [0.15, 0.2) is 54.9 Å². The Bertz CT molecular complexity index is 658. The Kier molecular flexibility index (Phi) is 2.53. The molecule has 0 aliphatic heterocycles. The maximum atomic E-state index is 5.58. The van der Waals surface area contributed by atoms with E-state index in [9.17, 15) is 0 Å². The Morgan fingerprint density at radius 1 is 1.00 bits per heavy atom. The van der Waals surface area contributed by atoms with Gasteiger partial charge in [-0.15, -0.1) is 0 Å². The highest BCUT2D eigenvalue weighted by molar-refractivity contribution is 5.69. The third kappa shape index (κ3) is 1.96. The lowest BCUT2D eigenvalue weighted by Gasteiger charge is -1.97. The number of rotatable bonds is 2. The first kappa shape index (κ1) is 10.5. The van der Waals surface area contributed by atoms with Crippen LogP contribution in [0.4, 0.5) is 5.95 Å². The van der Waals surface area contributed by atoms with Gasteiger partial charge in [0.15, 0.2) is 0 Å². The van der Waals surface area contributed by atoms with Gasteiger partial charge in [0.05, 0.1) is 5.69 Å². The van der Waals surface area contributed by atoms with Crippen molar-refractivity contribution in [2.24, 2.45) is 0 Å². The quantitative estimate of drug-likeness (QED) is 0.718. The number of nitrogens with one attached hydrogen (secondary N) is 1. The molecule has 4 nitrogen and oxygen atoms in total. The van der Waals surface area contributed by atoms with Crippen LogP contribution < -0.4 is 5.73 Å². The molecule has 0 aliphatic carbocycles. The van der Waals surface area contributed by atoms with Crippen molar-refractivity contribution in [3.63, 3.8) is 0 Å². The molecule has 88 valence electrons. The SMILES string of the molecule is Nc1nccc(-c2c[nH]c(-c3ccccc3)c2)n1. The molecule has 0 unspecified atom stereocenters. The van der Waals surface area contributed by atoms with E-state index in [0.717, 1.165) is 22.5 Å². The van der Waals surface area contributed by atoms with Crippen LogP contribution in [0, 0.1) is 0 Å². The van der Waals surface area contributed by atoms with E-state index < -0.39 is 0 Å². The van der Waals surface area contributed by atoms with Crippen LogP contribution in [0.1, 0.15) is 0 Å². The molecule has 4 heteroatoms. The average molecular weight is 236 g/mol. The fourth-order valence-corrected chi connectivity index (χ4v) is 1.86. The summed E-state index contributed by atoms with van der Waals surface area (Å²) in [6.45, 7) is 0. The number of nitrogens with zero attached hydrogens (tertiary/aromatic N) is 2. The second-order valence-corrected chi connectivity index (χ2v) is 3.97. The summed E-state index contributed by atoms with van der Waals surface area (Å²) in [5.41, 5.74) is 9.61. The smallest absolute Gasteiger partial charge is 0.220 e. The van der Waals surface area contributed by atoms with Crippen LogP contribution in [0.2, 0.25) is 0 Å². The molecule has 2 heterocycles. The summed E-state index contributed by atoms with van der Waals surface area (Å²) in [6, 6.07) is 14.0. The summed E-state index contributed by atoms with van der Waals surface area (Å²) in [5, 5.41) is 0. The van der Waals surface area contributed by atoms with E-state index in [4.69, 9.17) is 5.73 Å². The van der Waals surface area contributed by atoms with Gasteiger partial charge in [-0.3, -0.25) is 0 Å². The third-order valence-electron chi connectivity index (χ3n) is 2.74. The first-order valence-corrected chi connectivity index (χ1v) is 5.66. The summed E-state index contributed by atoms with van der Waals surface area (Å²) in [5.74, 6) is 0.287. The van der Waals surface area contributed by atoms with E-state index in [1.54, 1.807) is 6.20 Å². The fourth-order valence-electron chi connectivity index (χ4n) is 1.86. The number of hydrogen-bond acceptors (Lipinski definition) is 3. The molecule has 0 spiro atoms. The van der Waals surface area contributed by atoms with Crippen LogP contribution in [-0.4, -0.2) is 15.0 Å². The molecule has 0 fully saturated rings. The lowest BCUT2D eigenvalue weighted by Crippen LogP contribution is -1.94. The molecule has 3 N–H and O–H groups in total. The minimum atomic E-state index is 0.287. The van der Waals surface area contributed by atoms with Gasteiger partial charge in [-0.2, -0.15) is 0 Å². The van der Waals surface area contributed by atoms with E-state index in [-0.39, 0.29) is 5.95 Å². The molecule has 1 aromatic carbocycles. The molecule has 0 aliphatic rings. The number of anilines is 1. The average Bonchev–Trinajstić information content (AvgIpc) is 2.89. The normalized spacial score (nSPS) is 10.4. The van der Waals surface area contributed by atoms with E-state index in [1.807, 2.05) is 30.5 Å². The molecular weight excluding hydrogens is 224 g/mol. The topological polar surface area (TPSA) is 67.6 Å². The molecule has 3 aromatic rings. The zero-order chi connectivity index (χ0) is 12.4. The Labute approximate surface area is 105 Å². The number of hydrogen-bond donors (Lipinski definition) is 2. The van der Waals surface area contributed by atoms with Crippen molar-refractivity contribution in [3.05, 3.63) is 54.9 Å². The number of aromatic amines is 1. The number of benzene rings is 1. The molecule has 0 saturated heterocycles. The Hall–Kier alpha value is -2.62. The van der Waals surface area contributed by atoms with Gasteiger partial charge in [0.2, 0.25) is 5.95 Å². The first-order chi connectivity index (χ1) is 8.83. The molecular formula is C14H12N4. The van der Waals surface area contributed by atoms with Crippen LogP contribution in [0.25, 0.3) is 22.5 Å². The van der Waals surface area contributed by atoms with Gasteiger partial charge < -0.3 is 10.7 Å². The van der Waals surface area contributed by atoms with Crippen LogP contribution in [0.3, 0.4) is 0 Å². The molecule has 0 radical (unpaired) electrons. The fraction of sp³-hybridized carbons (Fsp3) is 0. The van der Waals surface area contributed by atoms with Crippen molar-refractivity contribution in [3.8, 4) is 22.5 Å². The van der Waals surface area contributed by atoms with Gasteiger partial charge >= 0.3 is 0 Å². The minimum Gasteiger partial charge on any atom is -0.368 e. The lowest BCUT2D eigenvalue weighted by atomic mass is 10.1. The highest BCUT2D eigenvalue weighted by Gasteiger charge is 2.05. The minimum absolute atomic E-state index is 0.287. The number of nitrogen functional groups attached to an aromatic ring is 1. The van der Waals surface area contributed by atoms with Gasteiger partial charge in [-0.1, -0.05) is 30.3 Å². The Balaban J connectivity index is 2.00. The molecule has 2 aromatic heterocycles. The monoisotopic (exact) mass is 236 g/mol. The zero-order valence-corrected chi connectivity index (χ0v) is 9.67. The molecule has 0 saturated carbocycles. The molecule has 18 heavy (non-hydrogen) atoms. The van der Waals surface area contributed by atoms with Crippen molar-refractivity contribution in [1.82, 2.24) is 15.0 Å². The second-order valence-electron chi connectivity index (χ2n) is 3.97. The number of nitrogens with two attached hydrogens (primary N) is 1. The van der Waals surface area contributed by atoms with Crippen molar-refractivity contribution in [1.29, 1.82) is 0 Å². The van der Waals surface area contributed by atoms with Crippen LogP contribution >= 0.6 is 0 Å². The highest BCUT2D eigenvalue weighted by atomic mass is 15.0. The number of aromatic nitrogens is 3. The van der Waals surface area contributed by atoms with Gasteiger partial charge in [-0.05, 0) is 17.7 Å². The van der Waals surface area contributed by atoms with Gasteiger partial charge in [0, 0.05) is 23.7 Å². The predicted octanol–water partition coefficient (Wildman–Crippen LogP) is 2.72. The summed E-state index contributed by atoms with van der Waals surface area (Å²) in [6.07, 6.45) is 3.58. The maximum absolute atomic E-state index is 5.58. The summed E-state index contributed by atoms with van der Waals surface area (Å²) >= 11 is 0. The molecule has 0 amide bonds. The van der Waals surface area contributed by atoms with Gasteiger partial charge in [0.25, 0.3) is 0 Å². The zero-order valence-electron chi connectivity index (χ0n) is 9.67. The van der Waals surface area contributed by atoms with Crippen molar-refractivity contribution >= 4 is 5.95 Å². The third-order valence-corrected chi connectivity index (χ3v) is 2.74. The number of H-pyrrole nitrogens is 1. The Morgan fingerprint density at radius 3 is 2.61 bits per heavy atom. The summed E-state index contributed by atoms with van der Waals surface area (Å²) < 4.78 is 0. The molecule has 3 rings (SSSR count). The molecule has 0 bridgehead atoms. The van der Waals surface area contributed by atoms with Gasteiger partial charge in [0.1, 0.15) is 0 Å². The lowest BCUT2D eigenvalue weighted by molar-refractivity contribution is 1.19. The predicted molar refractivity (Wildman–Crippen MR) is 71.7 cm³/mol. The van der Waals surface area contributed by atoms with Crippen LogP contribution in [-0.2, 0) is 0 Å². The standard InChI is InChI=1S/C14H12N4/c15-14-16-7-6-12(18-14)11-8-13(17-9-11)10-4-2-1-3-5-10/h1-9,17H,(H2,15,16,18). The summed E-state index contributed by atoms with van der Waals surface area (Å²) in [4.78, 5) is 11.3. The largest absolute Gasteiger partial charge is 0.368 e. The summed E-state index contributed by atoms with van der Waals surface area (Å²) in [7, 11) is 0. The Morgan fingerprint density at radius 2 is 1.83 bits per heavy atom. The van der Waals surface area contributed by atoms with Crippen molar-refractivity contribution in [2.45, 2.75) is 0 Å². The van der Waals surface area contributed by atoms with E-state index in [2.05, 4.69) is 33.2 Å². The van der Waals surface area contributed by atoms with Crippen LogP contribution in [0.5, 0.6) is 0 Å². The van der Waals surface area contributed by atoms with E-state index in [1.165, 1.54) is 0 Å². The second kappa shape index (κ2) is 4.33. The van der Waals surface area contributed by atoms with Crippen molar-refractivity contribution in [2.75, 3.05) is 5.73 Å². The first-order valence-electron chi connectivity index (χ1n) is 5.66. The van der Waals surface area contributed by atoms with E-state index >= 15 is 0 Å².